The summed E-state index contributed by atoms with van der Waals surface area (Å²) >= 11 is 0. The van der Waals surface area contributed by atoms with Gasteiger partial charge in [0.15, 0.2) is 0 Å². The third-order valence-electron chi connectivity index (χ3n) is 3.49. The number of rotatable bonds is 5. The Morgan fingerprint density at radius 3 is 2.71 bits per heavy atom. The van der Waals surface area contributed by atoms with Gasteiger partial charge in [0.2, 0.25) is 0 Å². The van der Waals surface area contributed by atoms with Gasteiger partial charge in [0.1, 0.15) is 0 Å². The highest BCUT2D eigenvalue weighted by atomic mass is 15.1. The van der Waals surface area contributed by atoms with Crippen molar-refractivity contribution < 1.29 is 0 Å². The van der Waals surface area contributed by atoms with E-state index in [4.69, 9.17) is 0 Å². The van der Waals surface area contributed by atoms with E-state index in [9.17, 15) is 0 Å². The fraction of sp³-hybridized carbons (Fsp3) is 1.00. The molecule has 0 aliphatic carbocycles. The first-order valence-corrected chi connectivity index (χ1v) is 6.58. The van der Waals surface area contributed by atoms with Gasteiger partial charge in [0.25, 0.3) is 0 Å². The molecule has 1 aliphatic rings. The second-order valence-corrected chi connectivity index (χ2v) is 4.79. The van der Waals surface area contributed by atoms with Crippen molar-refractivity contribution in [1.29, 1.82) is 0 Å². The van der Waals surface area contributed by atoms with E-state index < -0.39 is 0 Å². The maximum atomic E-state index is 2.71. The second-order valence-electron chi connectivity index (χ2n) is 4.79. The zero-order valence-electron chi connectivity index (χ0n) is 10.1. The lowest BCUT2D eigenvalue weighted by molar-refractivity contribution is 0.209. The molecule has 0 aromatic rings. The van der Waals surface area contributed by atoms with E-state index in [2.05, 4.69) is 18.7 Å². The molecule has 1 nitrogen and oxygen atoms in total. The van der Waals surface area contributed by atoms with Crippen molar-refractivity contribution in [3.05, 3.63) is 0 Å². The molecule has 0 spiro atoms. The van der Waals surface area contributed by atoms with E-state index >= 15 is 0 Å². The third kappa shape index (κ3) is 4.45. The molecule has 1 atom stereocenters. The van der Waals surface area contributed by atoms with Crippen LogP contribution in [-0.2, 0) is 0 Å². The Hall–Kier alpha value is -0.0400. The standard InChI is InChI=1S/C13H27N/c1-3-4-5-8-11-14-12-9-6-7-10-13(14)2/h13H,3-12H2,1-2H3. The first-order valence-electron chi connectivity index (χ1n) is 6.58. The van der Waals surface area contributed by atoms with Crippen molar-refractivity contribution >= 4 is 0 Å². The van der Waals surface area contributed by atoms with Crippen LogP contribution in [-0.4, -0.2) is 24.0 Å². The monoisotopic (exact) mass is 197 g/mol. The summed E-state index contributed by atoms with van der Waals surface area (Å²) in [6, 6.07) is 0.846. The fourth-order valence-electron chi connectivity index (χ4n) is 2.41. The number of likely N-dealkylation sites (tertiary alicyclic amines) is 1. The fourth-order valence-corrected chi connectivity index (χ4v) is 2.41. The van der Waals surface area contributed by atoms with E-state index in [1.807, 2.05) is 0 Å². The van der Waals surface area contributed by atoms with Gasteiger partial charge in [-0.3, -0.25) is 0 Å². The number of hydrogen-bond donors (Lipinski definition) is 0. The first-order chi connectivity index (χ1) is 6.84. The topological polar surface area (TPSA) is 3.24 Å². The molecule has 0 saturated carbocycles. The summed E-state index contributed by atoms with van der Waals surface area (Å²) in [5.41, 5.74) is 0. The summed E-state index contributed by atoms with van der Waals surface area (Å²) in [7, 11) is 0. The molecule has 0 aromatic carbocycles. The molecule has 1 heteroatoms. The highest BCUT2D eigenvalue weighted by molar-refractivity contribution is 4.71. The van der Waals surface area contributed by atoms with Gasteiger partial charge in [-0.15, -0.1) is 0 Å². The van der Waals surface area contributed by atoms with Gasteiger partial charge < -0.3 is 4.90 Å². The molecule has 1 fully saturated rings. The van der Waals surface area contributed by atoms with Crippen molar-refractivity contribution in [2.45, 2.75) is 71.3 Å². The smallest absolute Gasteiger partial charge is 0.00669 e. The minimum atomic E-state index is 0.846. The van der Waals surface area contributed by atoms with Crippen molar-refractivity contribution in [1.82, 2.24) is 4.90 Å². The van der Waals surface area contributed by atoms with Crippen LogP contribution in [0, 0.1) is 0 Å². The molecule has 0 N–H and O–H groups in total. The Balaban J connectivity index is 2.13. The lowest BCUT2D eigenvalue weighted by Gasteiger charge is -2.26. The van der Waals surface area contributed by atoms with Crippen LogP contribution < -0.4 is 0 Å². The van der Waals surface area contributed by atoms with Crippen LogP contribution in [0.25, 0.3) is 0 Å². The van der Waals surface area contributed by atoms with Gasteiger partial charge in [-0.1, -0.05) is 39.0 Å². The summed E-state index contributed by atoms with van der Waals surface area (Å²) in [6.07, 6.45) is 11.4. The number of hydrogen-bond acceptors (Lipinski definition) is 1. The van der Waals surface area contributed by atoms with Gasteiger partial charge in [0.05, 0.1) is 0 Å². The number of nitrogens with zero attached hydrogens (tertiary/aromatic N) is 1. The molecule has 84 valence electrons. The quantitative estimate of drug-likeness (QED) is 0.605. The third-order valence-corrected chi connectivity index (χ3v) is 3.49. The number of unbranched alkanes of at least 4 members (excludes halogenated alkanes) is 3. The molecule has 0 bridgehead atoms. The van der Waals surface area contributed by atoms with Crippen LogP contribution in [0.15, 0.2) is 0 Å². The average Bonchev–Trinajstić information content (AvgIpc) is 2.39. The van der Waals surface area contributed by atoms with Crippen LogP contribution >= 0.6 is 0 Å². The summed E-state index contributed by atoms with van der Waals surface area (Å²) < 4.78 is 0. The Kier molecular flexibility index (Phi) is 6.25. The summed E-state index contributed by atoms with van der Waals surface area (Å²) in [4.78, 5) is 2.71. The van der Waals surface area contributed by atoms with E-state index in [0.717, 1.165) is 6.04 Å². The lowest BCUT2D eigenvalue weighted by Crippen LogP contribution is -2.33. The summed E-state index contributed by atoms with van der Waals surface area (Å²) in [5.74, 6) is 0. The van der Waals surface area contributed by atoms with Crippen molar-refractivity contribution in [3.63, 3.8) is 0 Å². The summed E-state index contributed by atoms with van der Waals surface area (Å²) in [5, 5.41) is 0. The van der Waals surface area contributed by atoms with Crippen molar-refractivity contribution in [2.24, 2.45) is 0 Å². The largest absolute Gasteiger partial charge is 0.301 e. The van der Waals surface area contributed by atoms with Crippen LogP contribution in [0.1, 0.15) is 65.2 Å². The highest BCUT2D eigenvalue weighted by Gasteiger charge is 2.15. The average molecular weight is 197 g/mol. The van der Waals surface area contributed by atoms with Crippen LogP contribution in [0.3, 0.4) is 0 Å². The minimum absolute atomic E-state index is 0.846. The zero-order valence-corrected chi connectivity index (χ0v) is 10.1. The molecule has 0 amide bonds. The maximum Gasteiger partial charge on any atom is 0.00669 e. The Labute approximate surface area is 89.9 Å². The van der Waals surface area contributed by atoms with E-state index in [1.54, 1.807) is 0 Å². The predicted octanol–water partition coefficient (Wildman–Crippen LogP) is 3.83. The predicted molar refractivity (Wildman–Crippen MR) is 63.6 cm³/mol. The van der Waals surface area contributed by atoms with Crippen LogP contribution in [0.2, 0.25) is 0 Å². The molecule has 1 aliphatic heterocycles. The lowest BCUT2D eigenvalue weighted by atomic mass is 10.1. The van der Waals surface area contributed by atoms with Crippen molar-refractivity contribution in [3.8, 4) is 0 Å². The van der Waals surface area contributed by atoms with Crippen molar-refractivity contribution in [2.75, 3.05) is 13.1 Å². The molecule has 14 heavy (non-hydrogen) atoms. The van der Waals surface area contributed by atoms with E-state index in [1.165, 1.54) is 64.5 Å². The molecular formula is C13H27N. The molecule has 1 heterocycles. The van der Waals surface area contributed by atoms with Gasteiger partial charge >= 0.3 is 0 Å². The molecular weight excluding hydrogens is 170 g/mol. The normalized spacial score (nSPS) is 24.9. The molecule has 0 aromatic heterocycles. The van der Waals surface area contributed by atoms with E-state index in [-0.39, 0.29) is 0 Å². The molecule has 1 saturated heterocycles. The SMILES string of the molecule is CCCCCCN1CCCCCC1C. The maximum absolute atomic E-state index is 2.71. The Morgan fingerprint density at radius 2 is 1.93 bits per heavy atom. The Morgan fingerprint density at radius 1 is 1.07 bits per heavy atom. The molecule has 1 rings (SSSR count). The van der Waals surface area contributed by atoms with Crippen LogP contribution in [0.5, 0.6) is 0 Å². The minimum Gasteiger partial charge on any atom is -0.301 e. The second kappa shape index (κ2) is 7.28. The molecule has 0 radical (unpaired) electrons. The van der Waals surface area contributed by atoms with Gasteiger partial charge in [-0.25, -0.2) is 0 Å². The van der Waals surface area contributed by atoms with Gasteiger partial charge in [0, 0.05) is 6.04 Å². The van der Waals surface area contributed by atoms with Crippen LogP contribution in [0.4, 0.5) is 0 Å². The zero-order chi connectivity index (χ0) is 10.2. The first kappa shape index (κ1) is 12.0. The highest BCUT2D eigenvalue weighted by Crippen LogP contribution is 2.16. The van der Waals surface area contributed by atoms with Gasteiger partial charge in [-0.05, 0) is 39.3 Å². The van der Waals surface area contributed by atoms with Gasteiger partial charge in [-0.2, -0.15) is 0 Å². The summed E-state index contributed by atoms with van der Waals surface area (Å²) in [6.45, 7) is 7.40. The Bertz CT molecular complexity index is 133. The van der Waals surface area contributed by atoms with E-state index in [0.29, 0.717) is 0 Å². The molecule has 1 unspecified atom stereocenters.